The fourth-order valence-corrected chi connectivity index (χ4v) is 4.04. The molecule has 0 spiro atoms. The summed E-state index contributed by atoms with van der Waals surface area (Å²) in [5.41, 5.74) is 6.36. The van der Waals surface area contributed by atoms with Gasteiger partial charge in [-0.25, -0.2) is 0 Å². The van der Waals surface area contributed by atoms with Crippen LogP contribution in [0.3, 0.4) is 0 Å². The van der Waals surface area contributed by atoms with Crippen LogP contribution in [0.15, 0.2) is 0 Å². The number of nitrogens with zero attached hydrogens (tertiary/aromatic N) is 1. The van der Waals surface area contributed by atoms with Crippen LogP contribution in [0.2, 0.25) is 0 Å². The lowest BCUT2D eigenvalue weighted by molar-refractivity contribution is 0.116. The molecule has 1 heterocycles. The molecule has 0 aromatic rings. The summed E-state index contributed by atoms with van der Waals surface area (Å²) in [4.78, 5) is 2.77. The number of hydrogen-bond donors (Lipinski definition) is 1. The molecule has 0 aromatic heterocycles. The Morgan fingerprint density at radius 3 is 2.71 bits per heavy atom. The monoisotopic (exact) mass is 238 g/mol. The van der Waals surface area contributed by atoms with Crippen LogP contribution in [0, 0.1) is 11.3 Å². The van der Waals surface area contributed by atoms with E-state index in [-0.39, 0.29) is 0 Å². The lowest BCUT2D eigenvalue weighted by Crippen LogP contribution is -2.44. The van der Waals surface area contributed by atoms with E-state index in [1.165, 1.54) is 58.0 Å². The van der Waals surface area contributed by atoms with Crippen molar-refractivity contribution in [1.82, 2.24) is 4.90 Å². The molecule has 3 atom stereocenters. The first-order valence-electron chi connectivity index (χ1n) is 7.62. The second-order valence-electron chi connectivity index (χ2n) is 6.64. The van der Waals surface area contributed by atoms with Crippen molar-refractivity contribution in [3.63, 3.8) is 0 Å². The fraction of sp³-hybridized carbons (Fsp3) is 1.00. The Morgan fingerprint density at radius 1 is 1.24 bits per heavy atom. The molecule has 1 aliphatic heterocycles. The zero-order valence-corrected chi connectivity index (χ0v) is 11.8. The van der Waals surface area contributed by atoms with Gasteiger partial charge in [-0.3, -0.25) is 4.90 Å². The van der Waals surface area contributed by atoms with E-state index in [1.54, 1.807) is 0 Å². The second-order valence-corrected chi connectivity index (χ2v) is 6.64. The van der Waals surface area contributed by atoms with Gasteiger partial charge in [0.1, 0.15) is 0 Å². The van der Waals surface area contributed by atoms with Gasteiger partial charge >= 0.3 is 0 Å². The SMILES string of the molecule is CCCC(C)(CN)CN1CCC2CCCCC21. The molecule has 17 heavy (non-hydrogen) atoms. The molecule has 0 radical (unpaired) electrons. The number of nitrogens with two attached hydrogens (primary N) is 1. The average molecular weight is 238 g/mol. The van der Waals surface area contributed by atoms with E-state index in [0.29, 0.717) is 5.41 Å². The minimum atomic E-state index is 0.348. The molecule has 2 nitrogen and oxygen atoms in total. The Morgan fingerprint density at radius 2 is 2.00 bits per heavy atom. The highest BCUT2D eigenvalue weighted by Gasteiger charge is 2.38. The maximum absolute atomic E-state index is 6.01. The highest BCUT2D eigenvalue weighted by molar-refractivity contribution is 4.92. The second kappa shape index (κ2) is 5.71. The lowest BCUT2D eigenvalue weighted by Gasteiger charge is -2.38. The highest BCUT2D eigenvalue weighted by atomic mass is 15.2. The van der Waals surface area contributed by atoms with E-state index >= 15 is 0 Å². The highest BCUT2D eigenvalue weighted by Crippen LogP contribution is 2.38. The molecule has 3 unspecified atom stereocenters. The minimum Gasteiger partial charge on any atom is -0.330 e. The largest absolute Gasteiger partial charge is 0.330 e. The van der Waals surface area contributed by atoms with Crippen LogP contribution in [0.4, 0.5) is 0 Å². The molecular weight excluding hydrogens is 208 g/mol. The molecule has 2 N–H and O–H groups in total. The van der Waals surface area contributed by atoms with Crippen molar-refractivity contribution in [3.8, 4) is 0 Å². The van der Waals surface area contributed by atoms with Crippen molar-refractivity contribution in [1.29, 1.82) is 0 Å². The molecule has 2 fully saturated rings. The van der Waals surface area contributed by atoms with Gasteiger partial charge < -0.3 is 5.73 Å². The van der Waals surface area contributed by atoms with Crippen LogP contribution in [-0.4, -0.2) is 30.6 Å². The van der Waals surface area contributed by atoms with Crippen molar-refractivity contribution < 1.29 is 0 Å². The van der Waals surface area contributed by atoms with Crippen LogP contribution >= 0.6 is 0 Å². The van der Waals surface area contributed by atoms with Crippen molar-refractivity contribution in [2.45, 2.75) is 64.8 Å². The van der Waals surface area contributed by atoms with Crippen molar-refractivity contribution in [2.24, 2.45) is 17.1 Å². The van der Waals surface area contributed by atoms with Gasteiger partial charge in [-0.05, 0) is 50.1 Å². The summed E-state index contributed by atoms with van der Waals surface area (Å²) in [6, 6.07) is 0.895. The van der Waals surface area contributed by atoms with Gasteiger partial charge in [0.15, 0.2) is 0 Å². The number of rotatable bonds is 5. The van der Waals surface area contributed by atoms with Gasteiger partial charge in [0, 0.05) is 12.6 Å². The van der Waals surface area contributed by atoms with Crippen LogP contribution < -0.4 is 5.73 Å². The number of likely N-dealkylation sites (tertiary alicyclic amines) is 1. The van der Waals surface area contributed by atoms with E-state index in [1.807, 2.05) is 0 Å². The first-order chi connectivity index (χ1) is 8.18. The molecule has 100 valence electrons. The quantitative estimate of drug-likeness (QED) is 0.798. The Labute approximate surface area is 107 Å². The summed E-state index contributed by atoms with van der Waals surface area (Å²) in [7, 11) is 0. The van der Waals surface area contributed by atoms with Crippen molar-refractivity contribution >= 4 is 0 Å². The number of fused-ring (bicyclic) bond motifs is 1. The Balaban J connectivity index is 1.93. The van der Waals surface area contributed by atoms with E-state index in [9.17, 15) is 0 Å². The van der Waals surface area contributed by atoms with Crippen molar-refractivity contribution in [3.05, 3.63) is 0 Å². The predicted octanol–water partition coefficient (Wildman–Crippen LogP) is 3.02. The molecule has 2 heteroatoms. The van der Waals surface area contributed by atoms with E-state index < -0.39 is 0 Å². The third-order valence-corrected chi connectivity index (χ3v) is 5.06. The van der Waals surface area contributed by atoms with Gasteiger partial charge in [0.2, 0.25) is 0 Å². The summed E-state index contributed by atoms with van der Waals surface area (Å²) >= 11 is 0. The third-order valence-electron chi connectivity index (χ3n) is 5.06. The third kappa shape index (κ3) is 3.03. The first-order valence-corrected chi connectivity index (χ1v) is 7.62. The summed E-state index contributed by atoms with van der Waals surface area (Å²) < 4.78 is 0. The van der Waals surface area contributed by atoms with Gasteiger partial charge in [-0.1, -0.05) is 33.1 Å². The fourth-order valence-electron chi connectivity index (χ4n) is 4.04. The predicted molar refractivity (Wildman–Crippen MR) is 74.0 cm³/mol. The maximum atomic E-state index is 6.01. The molecular formula is C15H30N2. The van der Waals surface area contributed by atoms with Crippen LogP contribution in [0.5, 0.6) is 0 Å². The topological polar surface area (TPSA) is 29.3 Å². The van der Waals surface area contributed by atoms with E-state index in [4.69, 9.17) is 5.73 Å². The normalized spacial score (nSPS) is 33.4. The van der Waals surface area contributed by atoms with E-state index in [0.717, 1.165) is 18.5 Å². The standard InChI is InChI=1S/C15H30N2/c1-3-9-15(2,11-16)12-17-10-8-13-6-4-5-7-14(13)17/h13-14H,3-12,16H2,1-2H3. The summed E-state index contributed by atoms with van der Waals surface area (Å²) in [5.74, 6) is 1.01. The zero-order chi connectivity index (χ0) is 12.3. The average Bonchev–Trinajstić information content (AvgIpc) is 2.73. The van der Waals surface area contributed by atoms with Gasteiger partial charge in [0.05, 0.1) is 0 Å². The summed E-state index contributed by atoms with van der Waals surface area (Å²) in [6.45, 7) is 8.07. The van der Waals surface area contributed by atoms with Gasteiger partial charge in [-0.15, -0.1) is 0 Å². The molecule has 0 aromatic carbocycles. The van der Waals surface area contributed by atoms with Gasteiger partial charge in [0.25, 0.3) is 0 Å². The zero-order valence-electron chi connectivity index (χ0n) is 11.8. The molecule has 1 saturated carbocycles. The molecule has 0 bridgehead atoms. The Kier molecular flexibility index (Phi) is 4.48. The summed E-state index contributed by atoms with van der Waals surface area (Å²) in [5, 5.41) is 0. The van der Waals surface area contributed by atoms with Crippen LogP contribution in [0.25, 0.3) is 0 Å². The first kappa shape index (κ1) is 13.4. The van der Waals surface area contributed by atoms with Gasteiger partial charge in [-0.2, -0.15) is 0 Å². The smallest absolute Gasteiger partial charge is 0.0124 e. The minimum absolute atomic E-state index is 0.348. The molecule has 1 aliphatic carbocycles. The Bertz CT molecular complexity index is 241. The Hall–Kier alpha value is -0.0800. The maximum Gasteiger partial charge on any atom is 0.0124 e. The van der Waals surface area contributed by atoms with Crippen molar-refractivity contribution in [2.75, 3.05) is 19.6 Å². The molecule has 2 aliphatic rings. The van der Waals surface area contributed by atoms with Crippen LogP contribution in [-0.2, 0) is 0 Å². The molecule has 2 rings (SSSR count). The molecule has 1 saturated heterocycles. The lowest BCUT2D eigenvalue weighted by atomic mass is 9.82. The van der Waals surface area contributed by atoms with E-state index in [2.05, 4.69) is 18.7 Å². The molecule has 0 amide bonds. The van der Waals surface area contributed by atoms with Crippen LogP contribution in [0.1, 0.15) is 58.8 Å². The summed E-state index contributed by atoms with van der Waals surface area (Å²) in [6.07, 6.45) is 9.82. The number of hydrogen-bond acceptors (Lipinski definition) is 2.